The van der Waals surface area contributed by atoms with Gasteiger partial charge in [-0.25, -0.2) is 14.2 Å². The SMILES string of the molecule is CN(C)C1CN(c2nc(N3CCN(C(=O)O)CC3)c3cc(Cl)c(Br)c(F)c3n2)C1. The van der Waals surface area contributed by atoms with E-state index in [1.165, 1.54) is 4.90 Å². The number of nitrogens with zero attached hydrogens (tertiary/aromatic N) is 6. The predicted molar refractivity (Wildman–Crippen MR) is 114 cm³/mol. The zero-order valence-corrected chi connectivity index (χ0v) is 18.4. The van der Waals surface area contributed by atoms with Crippen molar-refractivity contribution in [3.05, 3.63) is 21.4 Å². The molecule has 0 unspecified atom stereocenters. The maximum absolute atomic E-state index is 15.0. The molecular weight excluding hydrogens is 467 g/mol. The smallest absolute Gasteiger partial charge is 0.407 e. The number of halogens is 3. The summed E-state index contributed by atoms with van der Waals surface area (Å²) in [5.74, 6) is 0.530. The Balaban J connectivity index is 1.74. The number of benzene rings is 1. The topological polar surface area (TPSA) is 76.0 Å². The van der Waals surface area contributed by atoms with Crippen LogP contribution in [0.3, 0.4) is 0 Å². The molecule has 1 N–H and O–H groups in total. The number of hydrogen-bond acceptors (Lipinski definition) is 6. The highest BCUT2D eigenvalue weighted by molar-refractivity contribution is 9.10. The molecule has 2 aromatic rings. The minimum Gasteiger partial charge on any atom is -0.465 e. The minimum atomic E-state index is -0.939. The van der Waals surface area contributed by atoms with Crippen molar-refractivity contribution < 1.29 is 14.3 Å². The Morgan fingerprint density at radius 3 is 2.48 bits per heavy atom. The van der Waals surface area contributed by atoms with Crippen LogP contribution >= 0.6 is 27.5 Å². The van der Waals surface area contributed by atoms with Crippen LogP contribution in [0.25, 0.3) is 10.9 Å². The fraction of sp³-hybridized carbons (Fsp3) is 0.500. The Labute approximate surface area is 181 Å². The molecule has 11 heteroatoms. The summed E-state index contributed by atoms with van der Waals surface area (Å²) in [4.78, 5) is 27.9. The monoisotopic (exact) mass is 486 g/mol. The van der Waals surface area contributed by atoms with Crippen LogP contribution in [0, 0.1) is 5.82 Å². The van der Waals surface area contributed by atoms with E-state index in [-0.39, 0.29) is 15.0 Å². The van der Waals surface area contributed by atoms with Crippen LogP contribution in [-0.4, -0.2) is 90.4 Å². The Bertz CT molecular complexity index is 963. The molecule has 0 atom stereocenters. The highest BCUT2D eigenvalue weighted by Crippen LogP contribution is 2.37. The molecule has 1 amide bonds. The molecule has 4 rings (SSSR count). The number of aromatic nitrogens is 2. The molecule has 2 saturated heterocycles. The van der Waals surface area contributed by atoms with Crippen molar-refractivity contribution >= 4 is 56.3 Å². The molecule has 1 aromatic heterocycles. The lowest BCUT2D eigenvalue weighted by Gasteiger charge is -2.43. The van der Waals surface area contributed by atoms with E-state index in [9.17, 15) is 14.3 Å². The van der Waals surface area contributed by atoms with Crippen LogP contribution in [0.15, 0.2) is 10.5 Å². The van der Waals surface area contributed by atoms with Gasteiger partial charge >= 0.3 is 6.09 Å². The van der Waals surface area contributed by atoms with Gasteiger partial charge < -0.3 is 24.7 Å². The molecule has 2 aliphatic rings. The third-order valence-electron chi connectivity index (χ3n) is 5.52. The van der Waals surface area contributed by atoms with Gasteiger partial charge in [0.1, 0.15) is 11.3 Å². The second-order valence-corrected chi connectivity index (χ2v) is 8.71. The molecular formula is C18H21BrClFN6O2. The summed E-state index contributed by atoms with van der Waals surface area (Å²) in [6.07, 6.45) is -0.939. The lowest BCUT2D eigenvalue weighted by Crippen LogP contribution is -2.58. The second kappa shape index (κ2) is 7.73. The van der Waals surface area contributed by atoms with Crippen LogP contribution in [0.1, 0.15) is 0 Å². The first-order valence-electron chi connectivity index (χ1n) is 9.25. The third-order valence-corrected chi connectivity index (χ3v) is 6.82. The normalized spacial score (nSPS) is 17.9. The quantitative estimate of drug-likeness (QED) is 0.667. The first kappa shape index (κ1) is 20.4. The number of carboxylic acid groups (broad SMARTS) is 1. The van der Waals surface area contributed by atoms with Gasteiger partial charge in [0.05, 0.1) is 9.50 Å². The number of hydrogen-bond donors (Lipinski definition) is 1. The van der Waals surface area contributed by atoms with Crippen LogP contribution in [0.2, 0.25) is 5.02 Å². The Morgan fingerprint density at radius 2 is 1.90 bits per heavy atom. The highest BCUT2D eigenvalue weighted by Gasteiger charge is 2.32. The fourth-order valence-corrected chi connectivity index (χ4v) is 4.08. The molecule has 2 fully saturated rings. The molecule has 8 nitrogen and oxygen atoms in total. The van der Waals surface area contributed by atoms with Gasteiger partial charge in [0.15, 0.2) is 5.82 Å². The van der Waals surface area contributed by atoms with E-state index >= 15 is 0 Å². The second-order valence-electron chi connectivity index (χ2n) is 7.51. The van der Waals surface area contributed by atoms with Crippen molar-refractivity contribution in [3.8, 4) is 0 Å². The molecule has 0 bridgehead atoms. The number of anilines is 2. The van der Waals surface area contributed by atoms with Gasteiger partial charge in [-0.1, -0.05) is 11.6 Å². The average Bonchev–Trinajstić information content (AvgIpc) is 2.65. The molecule has 0 radical (unpaired) electrons. The van der Waals surface area contributed by atoms with E-state index in [0.717, 1.165) is 13.1 Å². The van der Waals surface area contributed by atoms with Crippen LogP contribution in [0.4, 0.5) is 21.0 Å². The molecule has 0 saturated carbocycles. The van der Waals surface area contributed by atoms with Crippen LogP contribution in [-0.2, 0) is 0 Å². The van der Waals surface area contributed by atoms with E-state index in [4.69, 9.17) is 16.6 Å². The first-order chi connectivity index (χ1) is 13.8. The molecule has 2 aliphatic heterocycles. The van der Waals surface area contributed by atoms with E-state index in [0.29, 0.717) is 49.4 Å². The molecule has 0 spiro atoms. The van der Waals surface area contributed by atoms with Crippen molar-refractivity contribution in [2.24, 2.45) is 0 Å². The summed E-state index contributed by atoms with van der Waals surface area (Å²) in [6.45, 7) is 3.17. The largest absolute Gasteiger partial charge is 0.465 e. The van der Waals surface area contributed by atoms with Gasteiger partial charge in [0.2, 0.25) is 5.95 Å². The highest BCUT2D eigenvalue weighted by atomic mass is 79.9. The predicted octanol–water partition coefficient (Wildman–Crippen LogP) is 2.74. The number of fused-ring (bicyclic) bond motifs is 1. The summed E-state index contributed by atoms with van der Waals surface area (Å²) in [5.41, 5.74) is 0.204. The maximum Gasteiger partial charge on any atom is 0.407 e. The van der Waals surface area contributed by atoms with Crippen molar-refractivity contribution in [3.63, 3.8) is 0 Å². The van der Waals surface area contributed by atoms with Gasteiger partial charge in [0, 0.05) is 50.7 Å². The summed E-state index contributed by atoms with van der Waals surface area (Å²) in [6, 6.07) is 2.06. The van der Waals surface area contributed by atoms with E-state index < -0.39 is 11.9 Å². The van der Waals surface area contributed by atoms with Crippen LogP contribution < -0.4 is 9.80 Å². The van der Waals surface area contributed by atoms with Crippen molar-refractivity contribution in [2.75, 3.05) is 63.2 Å². The van der Waals surface area contributed by atoms with Gasteiger partial charge in [-0.2, -0.15) is 4.98 Å². The van der Waals surface area contributed by atoms with Gasteiger partial charge in [-0.05, 0) is 36.1 Å². The zero-order valence-electron chi connectivity index (χ0n) is 16.1. The van der Waals surface area contributed by atoms with E-state index in [2.05, 4.69) is 25.8 Å². The zero-order chi connectivity index (χ0) is 20.9. The lowest BCUT2D eigenvalue weighted by molar-refractivity contribution is 0.142. The molecule has 3 heterocycles. The molecule has 0 aliphatic carbocycles. The molecule has 156 valence electrons. The van der Waals surface area contributed by atoms with Gasteiger partial charge in [0.25, 0.3) is 0 Å². The number of piperazine rings is 1. The molecule has 1 aromatic carbocycles. The fourth-order valence-electron chi connectivity index (χ4n) is 3.58. The lowest BCUT2D eigenvalue weighted by atomic mass is 10.1. The number of carbonyl (C=O) groups is 1. The maximum atomic E-state index is 15.0. The van der Waals surface area contributed by atoms with E-state index in [1.807, 2.05) is 23.9 Å². The number of likely N-dealkylation sites (N-methyl/N-ethyl adjacent to an activating group) is 1. The van der Waals surface area contributed by atoms with E-state index in [1.54, 1.807) is 6.07 Å². The Hall–Kier alpha value is -1.91. The Kier molecular flexibility index (Phi) is 5.43. The summed E-state index contributed by atoms with van der Waals surface area (Å²) < 4.78 is 15.2. The van der Waals surface area contributed by atoms with Crippen LogP contribution in [0.5, 0.6) is 0 Å². The third kappa shape index (κ3) is 3.69. The number of amides is 1. The summed E-state index contributed by atoms with van der Waals surface area (Å²) >= 11 is 9.39. The number of rotatable bonds is 3. The van der Waals surface area contributed by atoms with Crippen molar-refractivity contribution in [1.29, 1.82) is 0 Å². The first-order valence-corrected chi connectivity index (χ1v) is 10.4. The molecule has 29 heavy (non-hydrogen) atoms. The standard InChI is InChI=1S/C18H21BrClFN6O2/c1-24(2)10-8-27(9-10)17-22-15-11(7-12(20)13(19)14(15)21)16(23-17)25-3-5-26(6-4-25)18(28)29/h7,10H,3-6,8-9H2,1-2H3,(H,28,29). The van der Waals surface area contributed by atoms with Gasteiger partial charge in [-0.15, -0.1) is 0 Å². The van der Waals surface area contributed by atoms with Gasteiger partial charge in [-0.3, -0.25) is 0 Å². The van der Waals surface area contributed by atoms with Crippen molar-refractivity contribution in [1.82, 2.24) is 19.8 Å². The summed E-state index contributed by atoms with van der Waals surface area (Å²) in [5, 5.41) is 9.96. The summed E-state index contributed by atoms with van der Waals surface area (Å²) in [7, 11) is 4.05. The Morgan fingerprint density at radius 1 is 1.24 bits per heavy atom. The van der Waals surface area contributed by atoms with Crippen molar-refractivity contribution in [2.45, 2.75) is 6.04 Å². The average molecular weight is 488 g/mol. The minimum absolute atomic E-state index is 0.174.